The molecule has 0 aliphatic carbocycles. The van der Waals surface area contributed by atoms with Gasteiger partial charge >= 0.3 is 11.8 Å². The minimum atomic E-state index is -0.727. The Morgan fingerprint density at radius 2 is 1.89 bits per heavy atom. The van der Waals surface area contributed by atoms with Gasteiger partial charge in [0.05, 0.1) is 0 Å². The van der Waals surface area contributed by atoms with Crippen LogP contribution >= 0.6 is 0 Å². The van der Waals surface area contributed by atoms with Crippen molar-refractivity contribution in [3.63, 3.8) is 0 Å². The molecule has 1 heterocycles. The number of fused-ring (bicyclic) bond motifs is 1. The fourth-order valence-corrected chi connectivity index (χ4v) is 1.77. The summed E-state index contributed by atoms with van der Waals surface area (Å²) in [5.41, 5.74) is 5.84. The maximum Gasteiger partial charge on any atom is 0.316 e. The predicted octanol–water partition coefficient (Wildman–Crippen LogP) is 1.99. The van der Waals surface area contributed by atoms with Gasteiger partial charge < -0.3 is 10.3 Å². The van der Waals surface area contributed by atoms with Crippen molar-refractivity contribution in [2.24, 2.45) is 5.73 Å². The molecule has 5 nitrogen and oxygen atoms in total. The van der Waals surface area contributed by atoms with Crippen LogP contribution < -0.4 is 5.73 Å². The highest BCUT2D eigenvalue weighted by Crippen LogP contribution is 2.22. The molecule has 3 aromatic rings. The van der Waals surface area contributed by atoms with Crippen LogP contribution in [0.2, 0.25) is 0 Å². The zero-order chi connectivity index (χ0) is 12.5. The number of amides is 1. The molecule has 0 atom stereocenters. The molecule has 1 aromatic heterocycles. The SMILES string of the molecule is NC(=O)c1nc(-c2ccc3ccccc3c2)no1. The summed E-state index contributed by atoms with van der Waals surface area (Å²) in [5, 5.41) is 5.92. The molecule has 3 rings (SSSR count). The molecule has 0 saturated heterocycles. The Hall–Kier alpha value is -2.69. The third-order valence-electron chi connectivity index (χ3n) is 2.64. The van der Waals surface area contributed by atoms with Crippen molar-refractivity contribution in [1.29, 1.82) is 0 Å². The summed E-state index contributed by atoms with van der Waals surface area (Å²) in [6, 6.07) is 13.7. The van der Waals surface area contributed by atoms with Gasteiger partial charge in [-0.25, -0.2) is 0 Å². The first kappa shape index (κ1) is 10.5. The Labute approximate surface area is 102 Å². The van der Waals surface area contributed by atoms with E-state index in [1.54, 1.807) is 0 Å². The summed E-state index contributed by atoms with van der Waals surface area (Å²) in [5.74, 6) is -0.553. The third kappa shape index (κ3) is 1.71. The van der Waals surface area contributed by atoms with Crippen LogP contribution in [0, 0.1) is 0 Å². The number of carbonyl (C=O) groups is 1. The van der Waals surface area contributed by atoms with Gasteiger partial charge in [-0.3, -0.25) is 4.79 Å². The molecule has 0 unspecified atom stereocenters. The van der Waals surface area contributed by atoms with Crippen molar-refractivity contribution in [2.75, 3.05) is 0 Å². The number of nitrogens with zero attached hydrogens (tertiary/aromatic N) is 2. The molecule has 1 amide bonds. The number of benzene rings is 2. The number of rotatable bonds is 2. The Morgan fingerprint density at radius 1 is 1.11 bits per heavy atom. The van der Waals surface area contributed by atoms with Gasteiger partial charge in [-0.05, 0) is 16.8 Å². The Morgan fingerprint density at radius 3 is 2.61 bits per heavy atom. The summed E-state index contributed by atoms with van der Waals surface area (Å²) >= 11 is 0. The molecule has 0 bridgehead atoms. The second kappa shape index (κ2) is 3.96. The van der Waals surface area contributed by atoms with Gasteiger partial charge in [0, 0.05) is 5.56 Å². The summed E-state index contributed by atoms with van der Waals surface area (Å²) < 4.78 is 4.76. The lowest BCUT2D eigenvalue weighted by Gasteiger charge is -1.98. The molecule has 5 heteroatoms. The van der Waals surface area contributed by atoms with Crippen LogP contribution in [0.4, 0.5) is 0 Å². The molecule has 2 N–H and O–H groups in total. The van der Waals surface area contributed by atoms with Crippen LogP contribution in [0.5, 0.6) is 0 Å². The second-order valence-electron chi connectivity index (χ2n) is 3.85. The zero-order valence-electron chi connectivity index (χ0n) is 9.33. The lowest BCUT2D eigenvalue weighted by Crippen LogP contribution is -2.10. The van der Waals surface area contributed by atoms with Gasteiger partial charge in [0.1, 0.15) is 0 Å². The van der Waals surface area contributed by atoms with Crippen molar-refractivity contribution in [1.82, 2.24) is 10.1 Å². The molecule has 0 aliphatic rings. The fraction of sp³-hybridized carbons (Fsp3) is 0. The molecule has 2 aromatic carbocycles. The fourth-order valence-electron chi connectivity index (χ4n) is 1.77. The maximum absolute atomic E-state index is 10.9. The number of nitrogens with two attached hydrogens (primary N) is 1. The van der Waals surface area contributed by atoms with Crippen LogP contribution in [0.3, 0.4) is 0 Å². The first-order chi connectivity index (χ1) is 8.74. The van der Waals surface area contributed by atoms with Crippen LogP contribution in [-0.2, 0) is 0 Å². The lowest BCUT2D eigenvalue weighted by atomic mass is 10.1. The Kier molecular flexibility index (Phi) is 2.30. The van der Waals surface area contributed by atoms with Gasteiger partial charge in [-0.1, -0.05) is 41.6 Å². The number of primary amides is 1. The van der Waals surface area contributed by atoms with Crippen molar-refractivity contribution >= 4 is 16.7 Å². The van der Waals surface area contributed by atoms with E-state index in [0.717, 1.165) is 16.3 Å². The topological polar surface area (TPSA) is 82.0 Å². The number of hydrogen-bond acceptors (Lipinski definition) is 4. The minimum Gasteiger partial charge on any atom is -0.361 e. The molecular formula is C13H9N3O2. The molecular weight excluding hydrogens is 230 g/mol. The van der Waals surface area contributed by atoms with Gasteiger partial charge in [0.2, 0.25) is 5.82 Å². The van der Waals surface area contributed by atoms with E-state index in [1.807, 2.05) is 42.5 Å². The van der Waals surface area contributed by atoms with Gasteiger partial charge in [-0.15, -0.1) is 0 Å². The van der Waals surface area contributed by atoms with E-state index in [2.05, 4.69) is 10.1 Å². The van der Waals surface area contributed by atoms with Crippen LogP contribution in [0.15, 0.2) is 47.0 Å². The van der Waals surface area contributed by atoms with Crippen LogP contribution in [-0.4, -0.2) is 16.0 Å². The smallest absolute Gasteiger partial charge is 0.316 e. The molecule has 88 valence electrons. The molecule has 0 fully saturated rings. The van der Waals surface area contributed by atoms with E-state index in [1.165, 1.54) is 0 Å². The molecule has 0 spiro atoms. The molecule has 0 aliphatic heterocycles. The Bertz CT molecular complexity index is 734. The summed E-state index contributed by atoms with van der Waals surface area (Å²) in [7, 11) is 0. The summed E-state index contributed by atoms with van der Waals surface area (Å²) in [6.07, 6.45) is 0. The lowest BCUT2D eigenvalue weighted by molar-refractivity contribution is 0.0958. The van der Waals surface area contributed by atoms with E-state index < -0.39 is 5.91 Å². The van der Waals surface area contributed by atoms with E-state index >= 15 is 0 Å². The van der Waals surface area contributed by atoms with E-state index in [0.29, 0.717) is 5.82 Å². The normalized spacial score (nSPS) is 10.7. The third-order valence-corrected chi connectivity index (χ3v) is 2.64. The average Bonchev–Trinajstić information content (AvgIpc) is 2.88. The van der Waals surface area contributed by atoms with Crippen molar-refractivity contribution in [2.45, 2.75) is 0 Å². The predicted molar refractivity (Wildman–Crippen MR) is 65.8 cm³/mol. The zero-order valence-corrected chi connectivity index (χ0v) is 9.33. The van der Waals surface area contributed by atoms with Gasteiger partial charge in [0.25, 0.3) is 0 Å². The first-order valence-corrected chi connectivity index (χ1v) is 5.37. The highest BCUT2D eigenvalue weighted by Gasteiger charge is 2.12. The van der Waals surface area contributed by atoms with Gasteiger partial charge in [-0.2, -0.15) is 4.98 Å². The van der Waals surface area contributed by atoms with Crippen LogP contribution in [0.1, 0.15) is 10.7 Å². The second-order valence-corrected chi connectivity index (χ2v) is 3.85. The van der Waals surface area contributed by atoms with E-state index in [4.69, 9.17) is 10.3 Å². The number of aromatic nitrogens is 2. The standard InChI is InChI=1S/C13H9N3O2/c14-11(17)13-15-12(16-18-13)10-6-5-8-3-1-2-4-9(8)7-10/h1-7H,(H2,14,17). The van der Waals surface area contributed by atoms with Crippen LogP contribution in [0.25, 0.3) is 22.2 Å². The quantitative estimate of drug-likeness (QED) is 0.741. The number of hydrogen-bond donors (Lipinski definition) is 1. The highest BCUT2D eigenvalue weighted by atomic mass is 16.5. The average molecular weight is 239 g/mol. The van der Waals surface area contributed by atoms with E-state index in [-0.39, 0.29) is 5.89 Å². The maximum atomic E-state index is 10.9. The van der Waals surface area contributed by atoms with Crippen molar-refractivity contribution in [3.8, 4) is 11.4 Å². The van der Waals surface area contributed by atoms with Gasteiger partial charge in [0.15, 0.2) is 0 Å². The number of carbonyl (C=O) groups excluding carboxylic acids is 1. The van der Waals surface area contributed by atoms with E-state index in [9.17, 15) is 4.79 Å². The minimum absolute atomic E-state index is 0.182. The Balaban J connectivity index is 2.10. The first-order valence-electron chi connectivity index (χ1n) is 5.37. The summed E-state index contributed by atoms with van der Waals surface area (Å²) in [4.78, 5) is 14.8. The molecule has 0 radical (unpaired) electrons. The molecule has 0 saturated carbocycles. The largest absolute Gasteiger partial charge is 0.361 e. The van der Waals surface area contributed by atoms with Crippen molar-refractivity contribution in [3.05, 3.63) is 48.4 Å². The van der Waals surface area contributed by atoms with Crippen molar-refractivity contribution < 1.29 is 9.32 Å². The highest BCUT2D eigenvalue weighted by molar-refractivity contribution is 5.89. The summed E-state index contributed by atoms with van der Waals surface area (Å²) in [6.45, 7) is 0. The molecule has 18 heavy (non-hydrogen) atoms. The monoisotopic (exact) mass is 239 g/mol.